The molecule has 1 aromatic carbocycles. The number of anilines is 1. The van der Waals surface area contributed by atoms with Crippen LogP contribution in [-0.2, 0) is 19.6 Å². The molecule has 1 fully saturated rings. The number of nitrogens with zero attached hydrogens (tertiary/aromatic N) is 3. The minimum Gasteiger partial charge on any atom is -0.378 e. The Labute approximate surface area is 174 Å². The molecule has 1 aromatic heterocycles. The van der Waals surface area contributed by atoms with Gasteiger partial charge in [0.15, 0.2) is 0 Å². The number of nitrogens with one attached hydrogen (secondary N) is 1. The first kappa shape index (κ1) is 21.4. The molecule has 1 saturated heterocycles. The van der Waals surface area contributed by atoms with Gasteiger partial charge in [-0.25, -0.2) is 13.8 Å². The van der Waals surface area contributed by atoms with E-state index in [1.807, 2.05) is 19.1 Å². The number of hydrazone groups is 1. The highest BCUT2D eigenvalue weighted by atomic mass is 32.2. The van der Waals surface area contributed by atoms with E-state index in [0.717, 1.165) is 46.1 Å². The van der Waals surface area contributed by atoms with Gasteiger partial charge >= 0.3 is 0 Å². The Morgan fingerprint density at radius 1 is 1.24 bits per heavy atom. The first-order valence-corrected chi connectivity index (χ1v) is 11.4. The smallest absolute Gasteiger partial charge is 0.255 e. The standard InChI is InChI=1S/C19H24N4O4S2/c1-15-3-6-17(7-4-15)29(25,26)22(2)14-18(24)21-20-13-16-5-8-19(28-16)23-9-11-27-12-10-23/h3-8,13H,9-12,14H2,1-2H3,(H,21,24)/b20-13+. The fourth-order valence-electron chi connectivity index (χ4n) is 2.75. The molecule has 0 spiro atoms. The average Bonchev–Trinajstić information content (AvgIpc) is 3.18. The summed E-state index contributed by atoms with van der Waals surface area (Å²) in [7, 11) is -2.36. The van der Waals surface area contributed by atoms with Crippen molar-refractivity contribution in [1.29, 1.82) is 0 Å². The number of amides is 1. The van der Waals surface area contributed by atoms with E-state index in [-0.39, 0.29) is 11.4 Å². The van der Waals surface area contributed by atoms with Crippen molar-refractivity contribution in [3.63, 3.8) is 0 Å². The van der Waals surface area contributed by atoms with E-state index in [1.54, 1.807) is 29.7 Å². The van der Waals surface area contributed by atoms with Gasteiger partial charge in [-0.3, -0.25) is 4.79 Å². The van der Waals surface area contributed by atoms with Crippen LogP contribution in [0, 0.1) is 6.92 Å². The van der Waals surface area contributed by atoms with Crippen LogP contribution in [0.3, 0.4) is 0 Å². The molecule has 3 rings (SSSR count). The Balaban J connectivity index is 1.52. The van der Waals surface area contributed by atoms with Gasteiger partial charge in [0, 0.05) is 25.0 Å². The number of hydrogen-bond donors (Lipinski definition) is 1. The van der Waals surface area contributed by atoms with Crippen LogP contribution in [0.4, 0.5) is 5.00 Å². The number of benzene rings is 1. The monoisotopic (exact) mass is 436 g/mol. The van der Waals surface area contributed by atoms with Gasteiger partial charge in [-0.15, -0.1) is 11.3 Å². The van der Waals surface area contributed by atoms with Crippen molar-refractivity contribution in [1.82, 2.24) is 9.73 Å². The number of aryl methyl sites for hydroxylation is 1. The van der Waals surface area contributed by atoms with Crippen molar-refractivity contribution >= 4 is 38.5 Å². The number of thiophene rings is 1. The largest absolute Gasteiger partial charge is 0.378 e. The van der Waals surface area contributed by atoms with Crippen LogP contribution in [0.1, 0.15) is 10.4 Å². The zero-order valence-electron chi connectivity index (χ0n) is 16.4. The minimum absolute atomic E-state index is 0.149. The molecule has 2 heterocycles. The summed E-state index contributed by atoms with van der Waals surface area (Å²) in [5.41, 5.74) is 3.34. The number of sulfonamides is 1. The molecule has 10 heteroatoms. The zero-order chi connectivity index (χ0) is 20.9. The first-order chi connectivity index (χ1) is 13.9. The highest BCUT2D eigenvalue weighted by Crippen LogP contribution is 2.25. The third kappa shape index (κ3) is 5.63. The lowest BCUT2D eigenvalue weighted by Gasteiger charge is -2.27. The Hall–Kier alpha value is -2.27. The van der Waals surface area contributed by atoms with Crippen LogP contribution >= 0.6 is 11.3 Å². The van der Waals surface area contributed by atoms with Gasteiger partial charge in [0.2, 0.25) is 10.0 Å². The number of morpholine rings is 1. The van der Waals surface area contributed by atoms with Gasteiger partial charge in [-0.1, -0.05) is 17.7 Å². The molecule has 0 aliphatic carbocycles. The van der Waals surface area contributed by atoms with Crippen LogP contribution in [0.5, 0.6) is 0 Å². The quantitative estimate of drug-likeness (QED) is 0.527. The molecule has 29 heavy (non-hydrogen) atoms. The number of likely N-dealkylation sites (N-methyl/N-ethyl adjacent to an activating group) is 1. The van der Waals surface area contributed by atoms with Crippen LogP contribution in [0.2, 0.25) is 0 Å². The van der Waals surface area contributed by atoms with E-state index in [1.165, 1.54) is 19.2 Å². The summed E-state index contributed by atoms with van der Waals surface area (Å²) >= 11 is 1.57. The summed E-state index contributed by atoms with van der Waals surface area (Å²) in [6.45, 7) is 4.71. The molecule has 0 bridgehead atoms. The predicted molar refractivity (Wildman–Crippen MR) is 114 cm³/mol. The van der Waals surface area contributed by atoms with Crippen LogP contribution in [0.25, 0.3) is 0 Å². The summed E-state index contributed by atoms with van der Waals surface area (Å²) in [6.07, 6.45) is 1.56. The fourth-order valence-corrected chi connectivity index (χ4v) is 4.80. The molecule has 1 aliphatic heterocycles. The Morgan fingerprint density at radius 2 is 1.93 bits per heavy atom. The maximum atomic E-state index is 12.5. The van der Waals surface area contributed by atoms with Crippen LogP contribution in [-0.4, -0.2) is 64.7 Å². The van der Waals surface area contributed by atoms with Gasteiger partial charge in [-0.2, -0.15) is 9.41 Å². The van der Waals surface area contributed by atoms with Crippen molar-refractivity contribution in [2.75, 3.05) is 44.8 Å². The molecule has 1 aliphatic rings. The minimum atomic E-state index is -3.73. The van der Waals surface area contributed by atoms with E-state index < -0.39 is 15.9 Å². The predicted octanol–water partition coefficient (Wildman–Crippen LogP) is 1.66. The summed E-state index contributed by atoms with van der Waals surface area (Å²) in [4.78, 5) is 15.4. The van der Waals surface area contributed by atoms with Gasteiger partial charge in [0.25, 0.3) is 5.91 Å². The lowest BCUT2D eigenvalue weighted by molar-refractivity contribution is -0.121. The maximum absolute atomic E-state index is 12.5. The summed E-state index contributed by atoms with van der Waals surface area (Å²) in [5.74, 6) is -0.510. The molecular formula is C19H24N4O4S2. The van der Waals surface area contributed by atoms with E-state index in [2.05, 4.69) is 15.4 Å². The summed E-state index contributed by atoms with van der Waals surface area (Å²) in [6, 6.07) is 10.4. The third-order valence-electron chi connectivity index (χ3n) is 4.41. The topological polar surface area (TPSA) is 91.3 Å². The Morgan fingerprint density at radius 3 is 2.62 bits per heavy atom. The van der Waals surface area contributed by atoms with Crippen molar-refractivity contribution in [3.8, 4) is 0 Å². The van der Waals surface area contributed by atoms with Crippen molar-refractivity contribution in [2.24, 2.45) is 5.10 Å². The molecule has 0 atom stereocenters. The number of rotatable bonds is 7. The highest BCUT2D eigenvalue weighted by molar-refractivity contribution is 7.89. The highest BCUT2D eigenvalue weighted by Gasteiger charge is 2.22. The Bertz CT molecular complexity index is 964. The van der Waals surface area contributed by atoms with Gasteiger partial charge < -0.3 is 9.64 Å². The maximum Gasteiger partial charge on any atom is 0.255 e. The molecule has 2 aromatic rings. The second-order valence-electron chi connectivity index (χ2n) is 6.64. The van der Waals surface area contributed by atoms with Gasteiger partial charge in [-0.05, 0) is 31.2 Å². The molecule has 8 nitrogen and oxygen atoms in total. The lowest BCUT2D eigenvalue weighted by atomic mass is 10.2. The number of hydrogen-bond acceptors (Lipinski definition) is 7. The Kier molecular flexibility index (Phi) is 7.01. The zero-order valence-corrected chi connectivity index (χ0v) is 18.0. The van der Waals surface area contributed by atoms with E-state index in [9.17, 15) is 13.2 Å². The van der Waals surface area contributed by atoms with Gasteiger partial charge in [0.05, 0.1) is 35.9 Å². The summed E-state index contributed by atoms with van der Waals surface area (Å²) < 4.78 is 31.4. The van der Waals surface area contributed by atoms with E-state index in [0.29, 0.717) is 0 Å². The number of carbonyl (C=O) groups is 1. The molecule has 0 unspecified atom stereocenters. The number of carbonyl (C=O) groups excluding carboxylic acids is 1. The lowest BCUT2D eigenvalue weighted by Crippen LogP contribution is -2.36. The molecular weight excluding hydrogens is 412 g/mol. The van der Waals surface area contributed by atoms with E-state index >= 15 is 0 Å². The van der Waals surface area contributed by atoms with Gasteiger partial charge in [0.1, 0.15) is 0 Å². The molecule has 1 amide bonds. The van der Waals surface area contributed by atoms with E-state index in [4.69, 9.17) is 4.74 Å². The fraction of sp³-hybridized carbons (Fsp3) is 0.368. The summed E-state index contributed by atoms with van der Waals surface area (Å²) in [5, 5.41) is 5.07. The van der Waals surface area contributed by atoms with Crippen molar-refractivity contribution in [3.05, 3.63) is 46.8 Å². The molecule has 0 saturated carbocycles. The normalized spacial score (nSPS) is 15.2. The van der Waals surface area contributed by atoms with Crippen LogP contribution < -0.4 is 10.3 Å². The molecule has 156 valence electrons. The molecule has 0 radical (unpaired) electrons. The SMILES string of the molecule is Cc1ccc(S(=O)(=O)N(C)CC(=O)N/N=C/c2ccc(N3CCOCC3)s2)cc1. The number of ether oxygens (including phenoxy) is 1. The molecule has 1 N–H and O–H groups in total. The third-order valence-corrected chi connectivity index (χ3v) is 7.31. The van der Waals surface area contributed by atoms with Crippen molar-refractivity contribution < 1.29 is 17.9 Å². The van der Waals surface area contributed by atoms with Crippen molar-refractivity contribution in [2.45, 2.75) is 11.8 Å². The second kappa shape index (κ2) is 9.49. The van der Waals surface area contributed by atoms with Crippen LogP contribution in [0.15, 0.2) is 46.4 Å². The first-order valence-electron chi connectivity index (χ1n) is 9.14. The second-order valence-corrected chi connectivity index (χ2v) is 9.78. The average molecular weight is 437 g/mol.